The summed E-state index contributed by atoms with van der Waals surface area (Å²) >= 11 is 0. The van der Waals surface area contributed by atoms with Gasteiger partial charge in [0.25, 0.3) is 0 Å². The number of carboxylic acid groups (broad SMARTS) is 2. The van der Waals surface area contributed by atoms with Crippen LogP contribution >= 0.6 is 0 Å². The zero-order valence-electron chi connectivity index (χ0n) is 15.7. The summed E-state index contributed by atoms with van der Waals surface area (Å²) in [7, 11) is 12.3. The van der Waals surface area contributed by atoms with Gasteiger partial charge in [-0.25, -0.2) is 0 Å². The van der Waals surface area contributed by atoms with E-state index >= 15 is 0 Å². The summed E-state index contributed by atoms with van der Waals surface area (Å²) in [6.07, 6.45) is -0.593. The third-order valence-electron chi connectivity index (χ3n) is 2.09. The van der Waals surface area contributed by atoms with Crippen molar-refractivity contribution < 1.29 is 90.4 Å². The molecule has 0 radical (unpaired) electrons. The van der Waals surface area contributed by atoms with E-state index in [9.17, 15) is 9.59 Å². The third-order valence-corrected chi connectivity index (χ3v) is 2.09. The van der Waals surface area contributed by atoms with Crippen LogP contribution in [-0.4, -0.2) is 110 Å². The minimum absolute atomic E-state index is 0. The molecule has 4 N–H and O–H groups in total. The van der Waals surface area contributed by atoms with Crippen LogP contribution in [0.25, 0.3) is 0 Å². The molecule has 0 rings (SSSR count). The van der Waals surface area contributed by atoms with E-state index in [0.717, 1.165) is 22.1 Å². The molecule has 0 unspecified atom stereocenters. The maximum absolute atomic E-state index is 9.64. The van der Waals surface area contributed by atoms with Crippen LogP contribution in [0.3, 0.4) is 0 Å². The van der Waals surface area contributed by atoms with E-state index in [-0.39, 0.29) is 77.4 Å². The number of hydrogen-bond donors (Lipinski definition) is 4. The molecule has 0 aromatic carbocycles. The van der Waals surface area contributed by atoms with Crippen LogP contribution in [0.4, 0.5) is 0 Å². The predicted octanol–water partition coefficient (Wildman–Crippen LogP) is -3.69. The third kappa shape index (κ3) is 51.9. The van der Waals surface area contributed by atoms with Gasteiger partial charge in [0.15, 0.2) is 0 Å². The van der Waals surface area contributed by atoms with Crippen molar-refractivity contribution in [2.75, 3.05) is 68.6 Å². The van der Waals surface area contributed by atoms with Crippen molar-refractivity contribution in [3.05, 3.63) is 0 Å². The van der Waals surface area contributed by atoms with E-state index in [4.69, 9.17) is 20.4 Å². The summed E-state index contributed by atoms with van der Waals surface area (Å²) in [5.41, 5.74) is 0. The molecule has 8 nitrogen and oxygen atoms in total. The number of aliphatic hydroxyl groups excluding tert-OH is 2. The molecule has 0 saturated heterocycles. The number of likely N-dealkylation sites (N-methyl/N-ethyl adjacent to an activating group) is 2. The van der Waals surface area contributed by atoms with Crippen molar-refractivity contribution >= 4 is 11.9 Å². The molecule has 23 heavy (non-hydrogen) atoms. The molecule has 0 spiro atoms. The fourth-order valence-corrected chi connectivity index (χ4v) is 0.814. The van der Waals surface area contributed by atoms with Gasteiger partial charge < -0.3 is 29.4 Å². The maximum atomic E-state index is 9.64. The Bertz CT molecular complexity index is 271. The molecule has 0 saturated carbocycles. The quantitative estimate of drug-likeness (QED) is 0.273. The van der Waals surface area contributed by atoms with Gasteiger partial charge in [-0.2, -0.15) is 0 Å². The molecular weight excluding hydrogens is 331 g/mol. The minimum atomic E-state index is -1.08. The molecule has 0 heterocycles. The van der Waals surface area contributed by atoms with Gasteiger partial charge in [-0.15, -0.1) is 0 Å². The SMILES string of the molecule is C[N+](C)(C)CCO.C[N+](C)(C)CCO.O=C(O)CCC(=O)O.[K+]. The van der Waals surface area contributed by atoms with Gasteiger partial charge in [0.2, 0.25) is 0 Å². The Hall–Kier alpha value is 0.416. The number of nitrogens with zero attached hydrogens (tertiary/aromatic N) is 2. The van der Waals surface area contributed by atoms with E-state index < -0.39 is 11.9 Å². The van der Waals surface area contributed by atoms with Crippen molar-refractivity contribution in [3.8, 4) is 0 Å². The number of aliphatic hydroxyl groups is 2. The van der Waals surface area contributed by atoms with Crippen molar-refractivity contribution in [2.45, 2.75) is 12.8 Å². The summed E-state index contributed by atoms with van der Waals surface area (Å²) in [6.45, 7) is 2.23. The molecule has 0 aliphatic heterocycles. The number of carboxylic acids is 2. The van der Waals surface area contributed by atoms with E-state index in [2.05, 4.69) is 42.3 Å². The Morgan fingerprint density at radius 2 is 0.913 bits per heavy atom. The molecule has 0 atom stereocenters. The fourth-order valence-electron chi connectivity index (χ4n) is 0.814. The second-order valence-electron chi connectivity index (χ2n) is 6.76. The smallest absolute Gasteiger partial charge is 0.481 e. The summed E-state index contributed by atoms with van der Waals surface area (Å²) in [6, 6.07) is 0. The molecule has 0 aromatic heterocycles. The Kier molecular flexibility index (Phi) is 23.4. The van der Waals surface area contributed by atoms with E-state index in [1.165, 1.54) is 0 Å². The van der Waals surface area contributed by atoms with E-state index in [1.807, 2.05) is 0 Å². The first-order valence-electron chi connectivity index (χ1n) is 7.01. The molecule has 0 fully saturated rings. The van der Waals surface area contributed by atoms with Crippen molar-refractivity contribution in [2.24, 2.45) is 0 Å². The summed E-state index contributed by atoms with van der Waals surface area (Å²) in [5, 5.41) is 32.6. The van der Waals surface area contributed by atoms with Crippen molar-refractivity contribution in [3.63, 3.8) is 0 Å². The zero-order chi connectivity index (χ0) is 18.4. The zero-order valence-corrected chi connectivity index (χ0v) is 18.9. The van der Waals surface area contributed by atoms with Gasteiger partial charge in [0, 0.05) is 0 Å². The van der Waals surface area contributed by atoms with E-state index in [0.29, 0.717) is 0 Å². The predicted molar refractivity (Wildman–Crippen MR) is 84.5 cm³/mol. The molecule has 0 aliphatic rings. The Labute approximate surface area is 182 Å². The average Bonchev–Trinajstić information content (AvgIpc) is 2.24. The minimum Gasteiger partial charge on any atom is -0.481 e. The van der Waals surface area contributed by atoms with Crippen LogP contribution in [-0.2, 0) is 9.59 Å². The number of hydrogen-bond acceptors (Lipinski definition) is 4. The number of aliphatic carboxylic acids is 2. The molecule has 0 aliphatic carbocycles. The topological polar surface area (TPSA) is 115 Å². The first-order valence-corrected chi connectivity index (χ1v) is 7.01. The van der Waals surface area contributed by atoms with Crippen molar-refractivity contribution in [1.29, 1.82) is 0 Å². The first-order chi connectivity index (χ1) is 9.75. The molecule has 0 amide bonds. The van der Waals surface area contributed by atoms with Gasteiger partial charge in [0.1, 0.15) is 13.1 Å². The summed E-state index contributed by atoms with van der Waals surface area (Å²) in [4.78, 5) is 19.3. The van der Waals surface area contributed by atoms with Gasteiger partial charge in [-0.1, -0.05) is 0 Å². The fraction of sp³-hybridized carbons (Fsp3) is 0.857. The second-order valence-corrected chi connectivity index (χ2v) is 6.76. The standard InChI is InChI=1S/2C5H14NO.C4H6O4.K/c2*1-6(2,3)4-5-7;5-3(6)1-2-4(7)8;/h2*7H,4-5H2,1-3H3;1-2H2,(H,5,6)(H,7,8);/q2*+1;;+1. The van der Waals surface area contributed by atoms with Gasteiger partial charge in [0.05, 0.1) is 68.3 Å². The largest absolute Gasteiger partial charge is 1.00 e. The monoisotopic (exact) mass is 365 g/mol. The van der Waals surface area contributed by atoms with Crippen LogP contribution < -0.4 is 51.4 Å². The molecular formula is C14H34KN2O6+3. The van der Waals surface area contributed by atoms with Crippen LogP contribution in [0.1, 0.15) is 12.8 Å². The molecule has 0 bridgehead atoms. The van der Waals surface area contributed by atoms with Crippen LogP contribution in [0.5, 0.6) is 0 Å². The van der Waals surface area contributed by atoms with Crippen LogP contribution in [0.15, 0.2) is 0 Å². The first kappa shape index (κ1) is 31.2. The maximum Gasteiger partial charge on any atom is 1.00 e. The van der Waals surface area contributed by atoms with Crippen molar-refractivity contribution in [1.82, 2.24) is 0 Å². The normalized spacial score (nSPS) is 10.3. The van der Waals surface area contributed by atoms with Gasteiger partial charge in [-0.3, -0.25) is 9.59 Å². The van der Waals surface area contributed by atoms with Gasteiger partial charge in [-0.05, 0) is 0 Å². The Balaban J connectivity index is -0.000000116. The summed E-state index contributed by atoms with van der Waals surface area (Å²) in [5.74, 6) is -2.15. The molecule has 134 valence electrons. The molecule has 0 aromatic rings. The van der Waals surface area contributed by atoms with E-state index in [1.54, 1.807) is 0 Å². The Morgan fingerprint density at radius 3 is 0.957 bits per heavy atom. The van der Waals surface area contributed by atoms with Crippen LogP contribution in [0, 0.1) is 0 Å². The Morgan fingerprint density at radius 1 is 0.696 bits per heavy atom. The van der Waals surface area contributed by atoms with Gasteiger partial charge >= 0.3 is 63.3 Å². The average molecular weight is 366 g/mol. The summed E-state index contributed by atoms with van der Waals surface area (Å²) < 4.78 is 1.69. The second kappa shape index (κ2) is 17.2. The number of quaternary nitrogens is 2. The number of carbonyl (C=O) groups is 2. The number of rotatable bonds is 7. The van der Waals surface area contributed by atoms with Crippen LogP contribution in [0.2, 0.25) is 0 Å². The molecule has 9 heteroatoms.